The maximum Gasteiger partial charge on any atom is 0.389 e. The molecule has 0 aromatic carbocycles. The van der Waals surface area contributed by atoms with Gasteiger partial charge in [0.2, 0.25) is 5.91 Å². The van der Waals surface area contributed by atoms with Gasteiger partial charge in [-0.15, -0.1) is 0 Å². The lowest BCUT2D eigenvalue weighted by molar-refractivity contribution is -0.151. The molecule has 0 radical (unpaired) electrons. The van der Waals surface area contributed by atoms with E-state index in [0.717, 1.165) is 4.90 Å². The topological polar surface area (TPSA) is 57.6 Å². The van der Waals surface area contributed by atoms with E-state index in [1.165, 1.54) is 6.92 Å². The van der Waals surface area contributed by atoms with Crippen molar-refractivity contribution >= 4 is 11.9 Å². The highest BCUT2D eigenvalue weighted by molar-refractivity contribution is 5.77. The van der Waals surface area contributed by atoms with Gasteiger partial charge in [-0.1, -0.05) is 0 Å². The standard InChI is InChI=1S/C10H16F3NO3/c1-3-14(7(2)6-9(16)17)8(15)4-5-10(11,12)13/h7H,3-6H2,1-2H3,(H,16,17). The lowest BCUT2D eigenvalue weighted by Crippen LogP contribution is -2.40. The van der Waals surface area contributed by atoms with Crippen molar-refractivity contribution in [1.82, 2.24) is 4.90 Å². The zero-order valence-corrected chi connectivity index (χ0v) is 9.75. The van der Waals surface area contributed by atoms with Crippen LogP contribution in [0, 0.1) is 0 Å². The molecule has 0 aromatic heterocycles. The predicted molar refractivity (Wildman–Crippen MR) is 54.4 cm³/mol. The Morgan fingerprint density at radius 1 is 1.35 bits per heavy atom. The van der Waals surface area contributed by atoms with E-state index >= 15 is 0 Å². The summed E-state index contributed by atoms with van der Waals surface area (Å²) in [5.41, 5.74) is 0. The first-order chi connectivity index (χ1) is 7.67. The Balaban J connectivity index is 4.35. The van der Waals surface area contributed by atoms with Gasteiger partial charge in [0.15, 0.2) is 0 Å². The van der Waals surface area contributed by atoms with E-state index in [9.17, 15) is 22.8 Å². The summed E-state index contributed by atoms with van der Waals surface area (Å²) in [4.78, 5) is 23.1. The Morgan fingerprint density at radius 3 is 2.24 bits per heavy atom. The van der Waals surface area contributed by atoms with Gasteiger partial charge in [0.25, 0.3) is 0 Å². The van der Waals surface area contributed by atoms with E-state index < -0.39 is 36.9 Å². The molecule has 0 saturated heterocycles. The zero-order chi connectivity index (χ0) is 13.6. The first kappa shape index (κ1) is 15.7. The van der Waals surface area contributed by atoms with Crippen LogP contribution >= 0.6 is 0 Å². The fourth-order valence-electron chi connectivity index (χ4n) is 1.49. The Labute approximate surface area is 97.4 Å². The average Bonchev–Trinajstić information content (AvgIpc) is 2.13. The molecule has 0 heterocycles. The van der Waals surface area contributed by atoms with Crippen LogP contribution in [0.4, 0.5) is 13.2 Å². The molecular formula is C10H16F3NO3. The van der Waals surface area contributed by atoms with Crippen LogP contribution in [-0.4, -0.2) is 40.6 Å². The number of halogens is 3. The monoisotopic (exact) mass is 255 g/mol. The number of carboxylic acids is 1. The van der Waals surface area contributed by atoms with Gasteiger partial charge in [0, 0.05) is 19.0 Å². The molecule has 1 N–H and O–H groups in total. The molecule has 0 saturated carbocycles. The van der Waals surface area contributed by atoms with Gasteiger partial charge in [-0.2, -0.15) is 13.2 Å². The number of rotatable bonds is 6. The molecule has 0 aliphatic heterocycles. The van der Waals surface area contributed by atoms with Gasteiger partial charge in [0.1, 0.15) is 0 Å². The molecule has 1 unspecified atom stereocenters. The fourth-order valence-corrected chi connectivity index (χ4v) is 1.49. The molecule has 0 rings (SSSR count). The Hall–Kier alpha value is -1.27. The van der Waals surface area contributed by atoms with Crippen LogP contribution in [0.1, 0.15) is 33.1 Å². The maximum atomic E-state index is 11.9. The second-order valence-corrected chi connectivity index (χ2v) is 3.74. The third kappa shape index (κ3) is 6.80. The van der Waals surface area contributed by atoms with Crippen molar-refractivity contribution in [2.45, 2.75) is 45.3 Å². The van der Waals surface area contributed by atoms with Gasteiger partial charge in [-0.25, -0.2) is 0 Å². The van der Waals surface area contributed by atoms with Gasteiger partial charge in [-0.05, 0) is 13.8 Å². The summed E-state index contributed by atoms with van der Waals surface area (Å²) in [5.74, 6) is -1.75. The number of alkyl halides is 3. The summed E-state index contributed by atoms with van der Waals surface area (Å²) in [6.07, 6.45) is -6.46. The highest BCUT2D eigenvalue weighted by Crippen LogP contribution is 2.22. The van der Waals surface area contributed by atoms with E-state index in [1.807, 2.05) is 0 Å². The number of carbonyl (C=O) groups is 2. The van der Waals surface area contributed by atoms with E-state index in [4.69, 9.17) is 5.11 Å². The van der Waals surface area contributed by atoms with Gasteiger partial charge in [-0.3, -0.25) is 9.59 Å². The predicted octanol–water partition coefficient (Wildman–Crippen LogP) is 2.04. The summed E-state index contributed by atoms with van der Waals surface area (Å²) >= 11 is 0. The molecule has 0 aliphatic carbocycles. The maximum absolute atomic E-state index is 11.9. The SMILES string of the molecule is CCN(C(=O)CCC(F)(F)F)C(C)CC(=O)O. The number of hydrogen-bond acceptors (Lipinski definition) is 2. The van der Waals surface area contributed by atoms with Crippen LogP contribution in [0.3, 0.4) is 0 Å². The minimum atomic E-state index is -4.37. The molecule has 0 aliphatic rings. The summed E-state index contributed by atoms with van der Waals surface area (Å²) in [5, 5.41) is 8.55. The number of nitrogens with zero attached hydrogens (tertiary/aromatic N) is 1. The molecule has 0 bridgehead atoms. The van der Waals surface area contributed by atoms with E-state index in [-0.39, 0.29) is 13.0 Å². The van der Waals surface area contributed by atoms with Crippen molar-refractivity contribution in [2.75, 3.05) is 6.54 Å². The van der Waals surface area contributed by atoms with Crippen LogP contribution < -0.4 is 0 Å². The number of amides is 1. The van der Waals surface area contributed by atoms with Gasteiger partial charge < -0.3 is 10.0 Å². The van der Waals surface area contributed by atoms with Gasteiger partial charge >= 0.3 is 12.1 Å². The minimum absolute atomic E-state index is 0.200. The number of hydrogen-bond donors (Lipinski definition) is 1. The summed E-state index contributed by atoms with van der Waals surface area (Å²) < 4.78 is 35.8. The number of carboxylic acid groups (broad SMARTS) is 1. The highest BCUT2D eigenvalue weighted by atomic mass is 19.4. The summed E-state index contributed by atoms with van der Waals surface area (Å²) in [6, 6.07) is -0.599. The molecule has 100 valence electrons. The molecule has 1 amide bonds. The molecular weight excluding hydrogens is 239 g/mol. The lowest BCUT2D eigenvalue weighted by Gasteiger charge is -2.27. The van der Waals surface area contributed by atoms with Gasteiger partial charge in [0.05, 0.1) is 12.8 Å². The molecule has 7 heteroatoms. The summed E-state index contributed by atoms with van der Waals surface area (Å²) in [7, 11) is 0. The Kier molecular flexibility index (Phi) is 5.98. The molecule has 4 nitrogen and oxygen atoms in total. The number of carbonyl (C=O) groups excluding carboxylic acids is 1. The van der Waals surface area contributed by atoms with Crippen LogP contribution in [0.25, 0.3) is 0 Å². The van der Waals surface area contributed by atoms with Crippen molar-refractivity contribution in [3.05, 3.63) is 0 Å². The van der Waals surface area contributed by atoms with Crippen LogP contribution in [0.15, 0.2) is 0 Å². The zero-order valence-electron chi connectivity index (χ0n) is 9.75. The van der Waals surface area contributed by atoms with Crippen LogP contribution in [0.2, 0.25) is 0 Å². The Morgan fingerprint density at radius 2 is 1.88 bits per heavy atom. The molecule has 0 aromatic rings. The van der Waals surface area contributed by atoms with E-state index in [2.05, 4.69) is 0 Å². The van der Waals surface area contributed by atoms with Crippen LogP contribution in [0.5, 0.6) is 0 Å². The smallest absolute Gasteiger partial charge is 0.389 e. The third-order valence-electron chi connectivity index (χ3n) is 2.29. The van der Waals surface area contributed by atoms with Crippen molar-refractivity contribution in [3.63, 3.8) is 0 Å². The first-order valence-corrected chi connectivity index (χ1v) is 5.25. The largest absolute Gasteiger partial charge is 0.481 e. The summed E-state index contributed by atoms with van der Waals surface area (Å²) in [6.45, 7) is 3.30. The lowest BCUT2D eigenvalue weighted by atomic mass is 10.1. The molecule has 0 fully saturated rings. The molecule has 1 atom stereocenters. The molecule has 0 spiro atoms. The van der Waals surface area contributed by atoms with Crippen molar-refractivity contribution < 1.29 is 27.9 Å². The van der Waals surface area contributed by atoms with Crippen LogP contribution in [-0.2, 0) is 9.59 Å². The second-order valence-electron chi connectivity index (χ2n) is 3.74. The van der Waals surface area contributed by atoms with Crippen molar-refractivity contribution in [2.24, 2.45) is 0 Å². The quantitative estimate of drug-likeness (QED) is 0.790. The fraction of sp³-hybridized carbons (Fsp3) is 0.800. The molecule has 17 heavy (non-hydrogen) atoms. The number of aliphatic carboxylic acids is 1. The normalized spacial score (nSPS) is 13.2. The van der Waals surface area contributed by atoms with Crippen molar-refractivity contribution in [1.29, 1.82) is 0 Å². The second kappa shape index (κ2) is 6.46. The van der Waals surface area contributed by atoms with E-state index in [1.54, 1.807) is 6.92 Å². The first-order valence-electron chi connectivity index (χ1n) is 5.25. The average molecular weight is 255 g/mol. The minimum Gasteiger partial charge on any atom is -0.481 e. The Bertz CT molecular complexity index is 278. The van der Waals surface area contributed by atoms with Crippen molar-refractivity contribution in [3.8, 4) is 0 Å². The van der Waals surface area contributed by atoms with E-state index in [0.29, 0.717) is 0 Å². The third-order valence-corrected chi connectivity index (χ3v) is 2.29. The highest BCUT2D eigenvalue weighted by Gasteiger charge is 2.30.